The minimum Gasteiger partial charge on any atom is -0.336 e. The van der Waals surface area contributed by atoms with E-state index in [4.69, 9.17) is 11.6 Å². The maximum absolute atomic E-state index is 5.64. The summed E-state index contributed by atoms with van der Waals surface area (Å²) in [5.41, 5.74) is 0.880. The van der Waals surface area contributed by atoms with E-state index in [0.29, 0.717) is 17.0 Å². The summed E-state index contributed by atoms with van der Waals surface area (Å²) in [6.45, 7) is 4.14. The van der Waals surface area contributed by atoms with E-state index in [1.54, 1.807) is 18.3 Å². The number of rotatable bonds is 3. The van der Waals surface area contributed by atoms with Crippen molar-refractivity contribution in [2.45, 2.75) is 19.9 Å². The molecule has 0 saturated carbocycles. The van der Waals surface area contributed by atoms with Crippen LogP contribution in [-0.2, 0) is 0 Å². The van der Waals surface area contributed by atoms with Crippen molar-refractivity contribution >= 4 is 23.1 Å². The van der Waals surface area contributed by atoms with Crippen molar-refractivity contribution in [1.82, 2.24) is 20.0 Å². The molecule has 84 valence electrons. The summed E-state index contributed by atoms with van der Waals surface area (Å²) < 4.78 is 1.87. The van der Waals surface area contributed by atoms with Gasteiger partial charge in [-0.2, -0.15) is 5.10 Å². The van der Waals surface area contributed by atoms with Crippen LogP contribution in [0.5, 0.6) is 0 Å². The highest BCUT2D eigenvalue weighted by atomic mass is 35.5. The zero-order valence-electron chi connectivity index (χ0n) is 9.05. The fourth-order valence-electron chi connectivity index (χ4n) is 1.22. The molecule has 0 bridgehead atoms. The van der Waals surface area contributed by atoms with Gasteiger partial charge in [-0.15, -0.1) is 10.2 Å². The number of hydrogen-bond acceptors (Lipinski definition) is 4. The fraction of sp³-hybridized carbons (Fsp3) is 0.300. The van der Waals surface area contributed by atoms with Crippen molar-refractivity contribution in [3.8, 4) is 0 Å². The molecular formula is C10H12ClN5. The van der Waals surface area contributed by atoms with Gasteiger partial charge in [-0.3, -0.25) is 4.68 Å². The Kier molecular flexibility index (Phi) is 3.05. The van der Waals surface area contributed by atoms with E-state index >= 15 is 0 Å². The molecule has 0 aliphatic carbocycles. The topological polar surface area (TPSA) is 55.6 Å². The summed E-state index contributed by atoms with van der Waals surface area (Å²) in [6, 6.07) is 3.79. The van der Waals surface area contributed by atoms with Crippen molar-refractivity contribution in [3.63, 3.8) is 0 Å². The van der Waals surface area contributed by atoms with Gasteiger partial charge < -0.3 is 5.32 Å². The molecular weight excluding hydrogens is 226 g/mol. The second-order valence-corrected chi connectivity index (χ2v) is 4.06. The standard InChI is InChI=1S/C10H12ClN5/c1-7(2)16-6-8(5-12-16)13-10-4-3-9(11)14-15-10/h3-7H,1-2H3,(H,13,15). The van der Waals surface area contributed by atoms with E-state index in [0.717, 1.165) is 5.69 Å². The molecule has 0 saturated heterocycles. The third-order valence-electron chi connectivity index (χ3n) is 2.03. The summed E-state index contributed by atoms with van der Waals surface area (Å²) in [4.78, 5) is 0. The summed E-state index contributed by atoms with van der Waals surface area (Å²) >= 11 is 5.64. The van der Waals surface area contributed by atoms with Gasteiger partial charge in [0.05, 0.1) is 11.9 Å². The Bertz CT molecular complexity index is 462. The lowest BCUT2D eigenvalue weighted by molar-refractivity contribution is 0.532. The quantitative estimate of drug-likeness (QED) is 0.892. The van der Waals surface area contributed by atoms with Gasteiger partial charge in [0.1, 0.15) is 0 Å². The lowest BCUT2D eigenvalue weighted by Crippen LogP contribution is -2.00. The molecule has 2 aromatic rings. The first-order valence-corrected chi connectivity index (χ1v) is 5.33. The number of nitrogens with zero attached hydrogens (tertiary/aromatic N) is 4. The van der Waals surface area contributed by atoms with Crippen LogP contribution in [0.25, 0.3) is 0 Å². The minimum absolute atomic E-state index is 0.340. The predicted octanol–water partition coefficient (Wildman–Crippen LogP) is 2.65. The summed E-state index contributed by atoms with van der Waals surface area (Å²) in [7, 11) is 0. The van der Waals surface area contributed by atoms with Crippen LogP contribution in [0.15, 0.2) is 24.5 Å². The van der Waals surface area contributed by atoms with Gasteiger partial charge in [0.2, 0.25) is 0 Å². The first kappa shape index (κ1) is 10.9. The average molecular weight is 238 g/mol. The van der Waals surface area contributed by atoms with Crippen LogP contribution in [-0.4, -0.2) is 20.0 Å². The van der Waals surface area contributed by atoms with Gasteiger partial charge in [-0.1, -0.05) is 11.6 Å². The SMILES string of the molecule is CC(C)n1cc(Nc2ccc(Cl)nn2)cn1. The second kappa shape index (κ2) is 4.49. The highest BCUT2D eigenvalue weighted by Gasteiger charge is 2.02. The Morgan fingerprint density at radius 2 is 2.12 bits per heavy atom. The molecule has 0 aromatic carbocycles. The molecule has 5 nitrogen and oxygen atoms in total. The molecule has 0 unspecified atom stereocenters. The second-order valence-electron chi connectivity index (χ2n) is 3.67. The van der Waals surface area contributed by atoms with Gasteiger partial charge in [-0.05, 0) is 26.0 Å². The van der Waals surface area contributed by atoms with Crippen LogP contribution in [0.3, 0.4) is 0 Å². The Morgan fingerprint density at radius 3 is 2.69 bits per heavy atom. The molecule has 2 rings (SSSR count). The van der Waals surface area contributed by atoms with E-state index in [2.05, 4.69) is 34.5 Å². The van der Waals surface area contributed by atoms with Crippen LogP contribution in [0, 0.1) is 0 Å². The molecule has 0 radical (unpaired) electrons. The molecule has 16 heavy (non-hydrogen) atoms. The molecule has 0 aliphatic heterocycles. The molecule has 2 aromatic heterocycles. The van der Waals surface area contributed by atoms with E-state index in [-0.39, 0.29) is 0 Å². The highest BCUT2D eigenvalue weighted by Crippen LogP contribution is 2.15. The van der Waals surface area contributed by atoms with Gasteiger partial charge in [0, 0.05) is 12.2 Å². The summed E-state index contributed by atoms with van der Waals surface area (Å²) in [6.07, 6.45) is 3.66. The molecule has 0 atom stereocenters. The zero-order valence-corrected chi connectivity index (χ0v) is 9.81. The van der Waals surface area contributed by atoms with E-state index < -0.39 is 0 Å². The summed E-state index contributed by atoms with van der Waals surface area (Å²) in [5, 5.41) is 15.3. The Hall–Kier alpha value is -1.62. The van der Waals surface area contributed by atoms with Crippen molar-refractivity contribution in [2.75, 3.05) is 5.32 Å². The monoisotopic (exact) mass is 237 g/mol. The largest absolute Gasteiger partial charge is 0.336 e. The zero-order chi connectivity index (χ0) is 11.5. The molecule has 6 heteroatoms. The average Bonchev–Trinajstić information content (AvgIpc) is 2.70. The van der Waals surface area contributed by atoms with E-state index in [9.17, 15) is 0 Å². The Morgan fingerprint density at radius 1 is 1.31 bits per heavy atom. The van der Waals surface area contributed by atoms with Crippen molar-refractivity contribution in [3.05, 3.63) is 29.7 Å². The third-order valence-corrected chi connectivity index (χ3v) is 2.24. The minimum atomic E-state index is 0.340. The Labute approximate surface area is 98.5 Å². The van der Waals surface area contributed by atoms with E-state index in [1.165, 1.54) is 0 Å². The molecule has 0 spiro atoms. The van der Waals surface area contributed by atoms with Gasteiger partial charge >= 0.3 is 0 Å². The third kappa shape index (κ3) is 2.49. The fourth-order valence-corrected chi connectivity index (χ4v) is 1.32. The highest BCUT2D eigenvalue weighted by molar-refractivity contribution is 6.29. The van der Waals surface area contributed by atoms with Crippen LogP contribution in [0.1, 0.15) is 19.9 Å². The molecule has 0 amide bonds. The number of halogens is 1. The molecule has 1 N–H and O–H groups in total. The lowest BCUT2D eigenvalue weighted by atomic mass is 10.4. The normalized spacial score (nSPS) is 10.8. The molecule has 0 aliphatic rings. The van der Waals surface area contributed by atoms with Crippen LogP contribution < -0.4 is 5.32 Å². The molecule has 2 heterocycles. The van der Waals surface area contributed by atoms with Gasteiger partial charge in [0.15, 0.2) is 11.0 Å². The van der Waals surface area contributed by atoms with E-state index in [1.807, 2.05) is 10.9 Å². The maximum Gasteiger partial charge on any atom is 0.153 e. The van der Waals surface area contributed by atoms with Crippen molar-refractivity contribution in [2.24, 2.45) is 0 Å². The lowest BCUT2D eigenvalue weighted by Gasteiger charge is -2.03. The van der Waals surface area contributed by atoms with Crippen LogP contribution in [0.4, 0.5) is 11.5 Å². The number of nitrogens with one attached hydrogen (secondary N) is 1. The predicted molar refractivity (Wildman–Crippen MR) is 62.9 cm³/mol. The first-order valence-electron chi connectivity index (χ1n) is 4.95. The maximum atomic E-state index is 5.64. The summed E-state index contributed by atoms with van der Waals surface area (Å²) in [5.74, 6) is 0.646. The molecule has 0 fully saturated rings. The van der Waals surface area contributed by atoms with Gasteiger partial charge in [0.25, 0.3) is 0 Å². The van der Waals surface area contributed by atoms with Crippen molar-refractivity contribution in [1.29, 1.82) is 0 Å². The van der Waals surface area contributed by atoms with Crippen LogP contribution >= 0.6 is 11.6 Å². The van der Waals surface area contributed by atoms with Crippen LogP contribution in [0.2, 0.25) is 5.15 Å². The smallest absolute Gasteiger partial charge is 0.153 e. The number of aromatic nitrogens is 4. The van der Waals surface area contributed by atoms with Gasteiger partial charge in [-0.25, -0.2) is 0 Å². The first-order chi connectivity index (χ1) is 7.65. The number of hydrogen-bond donors (Lipinski definition) is 1. The number of anilines is 2. The van der Waals surface area contributed by atoms with Crippen molar-refractivity contribution < 1.29 is 0 Å². The Balaban J connectivity index is 2.11.